The van der Waals surface area contributed by atoms with Crippen LogP contribution < -0.4 is 5.32 Å². The van der Waals surface area contributed by atoms with Gasteiger partial charge in [-0.1, -0.05) is 0 Å². The summed E-state index contributed by atoms with van der Waals surface area (Å²) in [7, 11) is 0. The van der Waals surface area contributed by atoms with E-state index in [1.54, 1.807) is 23.7 Å². The Kier molecular flexibility index (Phi) is 4.26. The van der Waals surface area contributed by atoms with E-state index in [9.17, 15) is 4.79 Å². The molecule has 1 saturated heterocycles. The van der Waals surface area contributed by atoms with Crippen molar-refractivity contribution in [3.63, 3.8) is 0 Å². The molecule has 0 radical (unpaired) electrons. The van der Waals surface area contributed by atoms with Gasteiger partial charge in [-0.3, -0.25) is 9.78 Å². The first-order valence-corrected chi connectivity index (χ1v) is 7.96. The van der Waals surface area contributed by atoms with Crippen LogP contribution in [0.5, 0.6) is 0 Å². The van der Waals surface area contributed by atoms with Crippen molar-refractivity contribution in [1.82, 2.24) is 20.2 Å². The summed E-state index contributed by atoms with van der Waals surface area (Å²) in [5, 5.41) is 6.22. The number of rotatable bonds is 3. The van der Waals surface area contributed by atoms with Gasteiger partial charge >= 0.3 is 0 Å². The topological polar surface area (TPSA) is 58.1 Å². The maximum atomic E-state index is 12.3. The van der Waals surface area contributed by atoms with Gasteiger partial charge in [-0.15, -0.1) is 11.3 Å². The maximum absolute atomic E-state index is 12.3. The van der Waals surface area contributed by atoms with E-state index in [1.165, 1.54) is 0 Å². The first-order chi connectivity index (χ1) is 10.2. The van der Waals surface area contributed by atoms with E-state index >= 15 is 0 Å². The summed E-state index contributed by atoms with van der Waals surface area (Å²) < 4.78 is 0. The molecule has 0 spiro atoms. The molecule has 1 aliphatic rings. The molecule has 1 atom stereocenters. The number of carbonyl (C=O) groups is 1. The van der Waals surface area contributed by atoms with Crippen LogP contribution in [0.1, 0.15) is 12.6 Å². The molecule has 0 bridgehead atoms. The van der Waals surface area contributed by atoms with Crippen molar-refractivity contribution >= 4 is 17.2 Å². The quantitative estimate of drug-likeness (QED) is 0.935. The number of hydrogen-bond acceptors (Lipinski definition) is 5. The van der Waals surface area contributed by atoms with Gasteiger partial charge in [-0.25, -0.2) is 4.98 Å². The van der Waals surface area contributed by atoms with Gasteiger partial charge in [0.25, 0.3) is 0 Å². The normalized spacial score (nSPS) is 18.7. The number of nitrogens with one attached hydrogen (secondary N) is 1. The number of thiazole rings is 1. The minimum absolute atomic E-state index is 0.159. The summed E-state index contributed by atoms with van der Waals surface area (Å²) in [6.45, 7) is 4.52. The Labute approximate surface area is 128 Å². The SMILES string of the molecule is CC1CN(C(=O)Cc2csc(-c3cccnc3)n2)CCN1. The zero-order valence-corrected chi connectivity index (χ0v) is 12.8. The highest BCUT2D eigenvalue weighted by Gasteiger charge is 2.21. The lowest BCUT2D eigenvalue weighted by molar-refractivity contribution is -0.131. The highest BCUT2D eigenvalue weighted by molar-refractivity contribution is 7.13. The van der Waals surface area contributed by atoms with Crippen molar-refractivity contribution in [1.29, 1.82) is 0 Å². The van der Waals surface area contributed by atoms with Crippen molar-refractivity contribution in [2.45, 2.75) is 19.4 Å². The lowest BCUT2D eigenvalue weighted by Crippen LogP contribution is -2.51. The first kappa shape index (κ1) is 14.2. The lowest BCUT2D eigenvalue weighted by Gasteiger charge is -2.31. The molecule has 1 fully saturated rings. The summed E-state index contributed by atoms with van der Waals surface area (Å²) in [6.07, 6.45) is 3.92. The standard InChI is InChI=1S/C15H18N4OS/c1-11-9-19(6-5-17-11)14(20)7-13-10-21-15(18-13)12-3-2-4-16-8-12/h2-4,8,10-11,17H,5-7,9H2,1H3. The van der Waals surface area contributed by atoms with Gasteiger partial charge in [0.05, 0.1) is 12.1 Å². The van der Waals surface area contributed by atoms with Crippen LogP contribution in [0.3, 0.4) is 0 Å². The molecule has 1 N–H and O–H groups in total. The van der Waals surface area contributed by atoms with Crippen LogP contribution in [-0.4, -0.2) is 46.5 Å². The first-order valence-electron chi connectivity index (χ1n) is 7.08. The summed E-state index contributed by atoms with van der Waals surface area (Å²) in [4.78, 5) is 22.9. The number of nitrogens with zero attached hydrogens (tertiary/aromatic N) is 3. The minimum Gasteiger partial charge on any atom is -0.340 e. The van der Waals surface area contributed by atoms with Crippen molar-refractivity contribution in [2.24, 2.45) is 0 Å². The van der Waals surface area contributed by atoms with Crippen LogP contribution in [0, 0.1) is 0 Å². The van der Waals surface area contributed by atoms with Gasteiger partial charge in [0, 0.05) is 49.0 Å². The number of aromatic nitrogens is 2. The molecule has 3 rings (SSSR count). The number of pyridine rings is 1. The second kappa shape index (κ2) is 6.32. The van der Waals surface area contributed by atoms with Crippen LogP contribution in [0.25, 0.3) is 10.6 Å². The Balaban J connectivity index is 1.66. The van der Waals surface area contributed by atoms with E-state index in [4.69, 9.17) is 0 Å². The molecule has 3 heterocycles. The van der Waals surface area contributed by atoms with E-state index in [-0.39, 0.29) is 5.91 Å². The predicted octanol–water partition coefficient (Wildman–Crippen LogP) is 1.57. The monoisotopic (exact) mass is 302 g/mol. The van der Waals surface area contributed by atoms with Gasteiger partial charge in [0.15, 0.2) is 0 Å². The number of amides is 1. The van der Waals surface area contributed by atoms with Crippen LogP contribution in [-0.2, 0) is 11.2 Å². The highest BCUT2D eigenvalue weighted by Crippen LogP contribution is 2.23. The van der Waals surface area contributed by atoms with E-state index in [1.807, 2.05) is 22.4 Å². The minimum atomic E-state index is 0.159. The van der Waals surface area contributed by atoms with Crippen LogP contribution in [0.15, 0.2) is 29.9 Å². The lowest BCUT2D eigenvalue weighted by atomic mass is 10.2. The summed E-state index contributed by atoms with van der Waals surface area (Å²) in [6, 6.07) is 4.24. The fourth-order valence-corrected chi connectivity index (χ4v) is 3.25. The Morgan fingerprint density at radius 3 is 3.24 bits per heavy atom. The molecule has 0 aromatic carbocycles. The summed E-state index contributed by atoms with van der Waals surface area (Å²) in [5.41, 5.74) is 1.84. The zero-order valence-electron chi connectivity index (χ0n) is 12.0. The van der Waals surface area contributed by atoms with E-state index in [0.717, 1.165) is 35.9 Å². The number of piperazine rings is 1. The molecule has 0 saturated carbocycles. The fourth-order valence-electron chi connectivity index (χ4n) is 2.44. The molecule has 2 aromatic heterocycles. The van der Waals surface area contributed by atoms with E-state index in [2.05, 4.69) is 22.2 Å². The van der Waals surface area contributed by atoms with Crippen LogP contribution in [0.4, 0.5) is 0 Å². The Morgan fingerprint density at radius 1 is 1.57 bits per heavy atom. The molecule has 1 amide bonds. The summed E-state index contributed by atoms with van der Waals surface area (Å²) >= 11 is 1.56. The number of carbonyl (C=O) groups excluding carboxylic acids is 1. The Morgan fingerprint density at radius 2 is 2.48 bits per heavy atom. The third-order valence-corrected chi connectivity index (χ3v) is 4.45. The summed E-state index contributed by atoms with van der Waals surface area (Å²) in [5.74, 6) is 0.159. The van der Waals surface area contributed by atoms with Crippen molar-refractivity contribution in [3.05, 3.63) is 35.6 Å². The molecule has 5 nitrogen and oxygen atoms in total. The van der Waals surface area contributed by atoms with Gasteiger partial charge < -0.3 is 10.2 Å². The number of hydrogen-bond donors (Lipinski definition) is 1. The van der Waals surface area contributed by atoms with E-state index < -0.39 is 0 Å². The Bertz CT molecular complexity index is 613. The largest absolute Gasteiger partial charge is 0.340 e. The maximum Gasteiger partial charge on any atom is 0.228 e. The zero-order chi connectivity index (χ0) is 14.7. The van der Waals surface area contributed by atoms with Crippen molar-refractivity contribution in [3.8, 4) is 10.6 Å². The molecule has 1 unspecified atom stereocenters. The van der Waals surface area contributed by atoms with E-state index in [0.29, 0.717) is 12.5 Å². The molecule has 1 aliphatic heterocycles. The smallest absolute Gasteiger partial charge is 0.228 e. The third kappa shape index (κ3) is 3.46. The molecule has 21 heavy (non-hydrogen) atoms. The highest BCUT2D eigenvalue weighted by atomic mass is 32.1. The van der Waals surface area contributed by atoms with Gasteiger partial charge in [0.1, 0.15) is 5.01 Å². The third-order valence-electron chi connectivity index (χ3n) is 3.51. The molecular formula is C15H18N4OS. The van der Waals surface area contributed by atoms with Crippen LogP contribution >= 0.6 is 11.3 Å². The average Bonchev–Trinajstić information content (AvgIpc) is 2.97. The van der Waals surface area contributed by atoms with Crippen LogP contribution in [0.2, 0.25) is 0 Å². The van der Waals surface area contributed by atoms with Gasteiger partial charge in [-0.05, 0) is 19.1 Å². The predicted molar refractivity (Wildman–Crippen MR) is 83.1 cm³/mol. The average molecular weight is 302 g/mol. The van der Waals surface area contributed by atoms with Gasteiger partial charge in [0.2, 0.25) is 5.91 Å². The fraction of sp³-hybridized carbons (Fsp3) is 0.400. The van der Waals surface area contributed by atoms with Crippen molar-refractivity contribution < 1.29 is 4.79 Å². The molecular weight excluding hydrogens is 284 g/mol. The molecule has 110 valence electrons. The van der Waals surface area contributed by atoms with Crippen molar-refractivity contribution in [2.75, 3.05) is 19.6 Å². The molecule has 6 heteroatoms. The second-order valence-electron chi connectivity index (χ2n) is 5.26. The van der Waals surface area contributed by atoms with Gasteiger partial charge in [-0.2, -0.15) is 0 Å². The second-order valence-corrected chi connectivity index (χ2v) is 6.12. The Hall–Kier alpha value is -1.79. The molecule has 0 aliphatic carbocycles. The molecule has 2 aromatic rings.